The Bertz CT molecular complexity index is 1410. The second-order valence-corrected chi connectivity index (χ2v) is 8.60. The van der Waals surface area contributed by atoms with Gasteiger partial charge in [0.15, 0.2) is 17.1 Å². The Hall–Kier alpha value is -3.43. The lowest BCUT2D eigenvalue weighted by atomic mass is 9.86. The van der Waals surface area contributed by atoms with Crippen LogP contribution in [0.5, 0.6) is 11.5 Å². The molecule has 2 aromatic heterocycles. The van der Waals surface area contributed by atoms with E-state index in [-0.39, 0.29) is 25.4 Å². The number of nitrogens with zero attached hydrogens (tertiary/aromatic N) is 2. The lowest BCUT2D eigenvalue weighted by Crippen LogP contribution is -2.44. The molecule has 0 saturated heterocycles. The second kappa shape index (κ2) is 7.03. The molecule has 3 aliphatic heterocycles. The van der Waals surface area contributed by atoms with Crippen LogP contribution in [0.15, 0.2) is 23.0 Å². The van der Waals surface area contributed by atoms with Gasteiger partial charge in [-0.05, 0) is 44.1 Å². The number of aliphatic hydroxyl groups is 1. The van der Waals surface area contributed by atoms with Crippen molar-refractivity contribution in [1.29, 1.82) is 0 Å². The molecule has 170 valence electrons. The zero-order valence-electron chi connectivity index (χ0n) is 18.4. The molecular formula is C24H23N3O6. The number of ether oxygens (including phenoxy) is 3. The van der Waals surface area contributed by atoms with Gasteiger partial charge in [0, 0.05) is 22.6 Å². The molecule has 0 aliphatic carbocycles. The maximum Gasteiger partial charge on any atom is 0.343 e. The first-order valence-corrected chi connectivity index (χ1v) is 11.0. The van der Waals surface area contributed by atoms with Crippen LogP contribution in [0.25, 0.3) is 22.3 Å². The summed E-state index contributed by atoms with van der Waals surface area (Å²) in [6.07, 6.45) is 0.844. The molecule has 3 aliphatic rings. The van der Waals surface area contributed by atoms with Crippen LogP contribution in [0.2, 0.25) is 0 Å². The van der Waals surface area contributed by atoms with Crippen molar-refractivity contribution in [1.82, 2.24) is 14.9 Å². The molecule has 6 rings (SSSR count). The SMILES string of the molecule is CCC1(O)C(=O)OCc2c1cc1n(c2=O)Cc2c-1nc1cc3c(cc1c2CCNC)OCO3. The maximum absolute atomic E-state index is 13.4. The van der Waals surface area contributed by atoms with Crippen molar-refractivity contribution in [2.24, 2.45) is 0 Å². The smallest absolute Gasteiger partial charge is 0.343 e. The summed E-state index contributed by atoms with van der Waals surface area (Å²) in [5.74, 6) is 0.592. The van der Waals surface area contributed by atoms with E-state index in [1.165, 1.54) is 0 Å². The predicted octanol–water partition coefficient (Wildman–Crippen LogP) is 1.57. The quantitative estimate of drug-likeness (QED) is 0.452. The number of cyclic esters (lactones) is 1. The Labute approximate surface area is 188 Å². The van der Waals surface area contributed by atoms with E-state index >= 15 is 0 Å². The topological polar surface area (TPSA) is 112 Å². The van der Waals surface area contributed by atoms with Crippen molar-refractivity contribution < 1.29 is 24.1 Å². The molecule has 3 aromatic rings. The van der Waals surface area contributed by atoms with Gasteiger partial charge < -0.3 is 29.2 Å². The van der Waals surface area contributed by atoms with Crippen LogP contribution in [-0.4, -0.2) is 41.0 Å². The molecule has 1 atom stereocenters. The molecule has 0 saturated carbocycles. The van der Waals surface area contributed by atoms with Crippen LogP contribution < -0.4 is 20.3 Å². The Kier molecular flexibility index (Phi) is 4.30. The molecule has 1 unspecified atom stereocenters. The summed E-state index contributed by atoms with van der Waals surface area (Å²) >= 11 is 0. The van der Waals surface area contributed by atoms with E-state index in [9.17, 15) is 14.7 Å². The van der Waals surface area contributed by atoms with Crippen LogP contribution in [-0.2, 0) is 34.7 Å². The standard InChI is InChI=1S/C24H23N3O6/c1-3-24(30)16-7-18-21-14(9-27(18)22(28)15(16)10-31-23(24)29)12(4-5-25-2)13-6-19-20(33-11-32-19)8-17(13)26-21/h6-8,25,30H,3-5,9-11H2,1-2H3. The first kappa shape index (κ1) is 20.2. The fourth-order valence-electron chi connectivity index (χ4n) is 5.09. The van der Waals surface area contributed by atoms with E-state index in [1.807, 2.05) is 19.2 Å². The summed E-state index contributed by atoms with van der Waals surface area (Å²) in [6.45, 7) is 2.84. The minimum atomic E-state index is -1.84. The van der Waals surface area contributed by atoms with Crippen LogP contribution in [0.4, 0.5) is 0 Å². The molecular weight excluding hydrogens is 426 g/mol. The van der Waals surface area contributed by atoms with Crippen molar-refractivity contribution >= 4 is 16.9 Å². The molecule has 2 N–H and O–H groups in total. The highest BCUT2D eigenvalue weighted by molar-refractivity contribution is 5.91. The first-order chi connectivity index (χ1) is 16.0. The number of esters is 1. The van der Waals surface area contributed by atoms with Crippen LogP contribution >= 0.6 is 0 Å². The van der Waals surface area contributed by atoms with E-state index in [4.69, 9.17) is 19.2 Å². The van der Waals surface area contributed by atoms with Gasteiger partial charge >= 0.3 is 5.97 Å². The van der Waals surface area contributed by atoms with Gasteiger partial charge in [-0.25, -0.2) is 9.78 Å². The first-order valence-electron chi connectivity index (χ1n) is 11.0. The number of carbonyl (C=O) groups is 1. The third-order valence-electron chi connectivity index (χ3n) is 6.93. The van der Waals surface area contributed by atoms with E-state index in [2.05, 4.69) is 5.32 Å². The van der Waals surface area contributed by atoms with E-state index < -0.39 is 11.6 Å². The molecule has 0 spiro atoms. The molecule has 0 amide bonds. The molecule has 9 heteroatoms. The number of aromatic nitrogens is 2. The summed E-state index contributed by atoms with van der Waals surface area (Å²) in [4.78, 5) is 30.8. The highest BCUT2D eigenvalue weighted by atomic mass is 16.7. The summed E-state index contributed by atoms with van der Waals surface area (Å²) in [5, 5.41) is 15.2. The summed E-state index contributed by atoms with van der Waals surface area (Å²) in [5.41, 5.74) is 2.59. The highest BCUT2D eigenvalue weighted by Crippen LogP contribution is 2.43. The summed E-state index contributed by atoms with van der Waals surface area (Å²) in [6, 6.07) is 5.55. The number of nitrogens with one attached hydrogen (secondary N) is 1. The van der Waals surface area contributed by atoms with Crippen LogP contribution in [0.3, 0.4) is 0 Å². The van der Waals surface area contributed by atoms with Gasteiger partial charge in [-0.2, -0.15) is 0 Å². The highest BCUT2D eigenvalue weighted by Gasteiger charge is 2.45. The minimum Gasteiger partial charge on any atom is -0.458 e. The van der Waals surface area contributed by atoms with Gasteiger partial charge in [0.05, 0.1) is 29.0 Å². The number of hydrogen-bond acceptors (Lipinski definition) is 8. The third kappa shape index (κ3) is 2.69. The molecule has 0 fully saturated rings. The molecule has 1 aromatic carbocycles. The van der Waals surface area contributed by atoms with Crippen molar-refractivity contribution in [3.05, 3.63) is 50.8 Å². The molecule has 0 radical (unpaired) electrons. The molecule has 33 heavy (non-hydrogen) atoms. The fourth-order valence-corrected chi connectivity index (χ4v) is 5.09. The van der Waals surface area contributed by atoms with Crippen LogP contribution in [0, 0.1) is 0 Å². The number of benzene rings is 1. The number of rotatable bonds is 4. The monoisotopic (exact) mass is 449 g/mol. The van der Waals surface area contributed by atoms with Gasteiger partial charge in [-0.3, -0.25) is 4.79 Å². The number of hydrogen-bond donors (Lipinski definition) is 2. The van der Waals surface area contributed by atoms with Gasteiger partial charge in [0.1, 0.15) is 6.61 Å². The largest absolute Gasteiger partial charge is 0.458 e. The average Bonchev–Trinajstić information content (AvgIpc) is 3.42. The van der Waals surface area contributed by atoms with E-state index in [0.717, 1.165) is 35.0 Å². The Morgan fingerprint density at radius 3 is 2.70 bits per heavy atom. The van der Waals surface area contributed by atoms with Gasteiger partial charge in [0.2, 0.25) is 6.79 Å². The lowest BCUT2D eigenvalue weighted by molar-refractivity contribution is -0.172. The van der Waals surface area contributed by atoms with Crippen LogP contribution in [0.1, 0.15) is 35.6 Å². The zero-order chi connectivity index (χ0) is 22.9. The van der Waals surface area contributed by atoms with Gasteiger partial charge in [-0.15, -0.1) is 0 Å². The fraction of sp³-hybridized carbons (Fsp3) is 0.375. The van der Waals surface area contributed by atoms with E-state index in [1.54, 1.807) is 17.6 Å². The van der Waals surface area contributed by atoms with Gasteiger partial charge in [-0.1, -0.05) is 6.92 Å². The molecule has 5 heterocycles. The van der Waals surface area contributed by atoms with Crippen molar-refractivity contribution in [2.75, 3.05) is 20.4 Å². The zero-order valence-corrected chi connectivity index (χ0v) is 18.4. The number of carbonyl (C=O) groups excluding carboxylic acids is 1. The van der Waals surface area contributed by atoms with Crippen molar-refractivity contribution in [2.45, 2.75) is 38.5 Å². The average molecular weight is 449 g/mol. The van der Waals surface area contributed by atoms with Crippen molar-refractivity contribution in [3.63, 3.8) is 0 Å². The summed E-state index contributed by atoms with van der Waals surface area (Å²) in [7, 11) is 1.90. The van der Waals surface area contributed by atoms with Crippen molar-refractivity contribution in [3.8, 4) is 22.9 Å². The molecule has 0 bridgehead atoms. The normalized spacial score (nSPS) is 19.9. The number of fused-ring (bicyclic) bond motifs is 6. The third-order valence-corrected chi connectivity index (χ3v) is 6.93. The molecule has 9 nitrogen and oxygen atoms in total. The van der Waals surface area contributed by atoms with Gasteiger partial charge in [0.25, 0.3) is 5.56 Å². The Balaban J connectivity index is 1.63. The second-order valence-electron chi connectivity index (χ2n) is 8.60. The van der Waals surface area contributed by atoms with E-state index in [0.29, 0.717) is 40.6 Å². The minimum absolute atomic E-state index is 0.108. The Morgan fingerprint density at radius 1 is 1.15 bits per heavy atom. The lowest BCUT2D eigenvalue weighted by Gasteiger charge is -2.31. The summed E-state index contributed by atoms with van der Waals surface area (Å²) < 4.78 is 18.0. The number of pyridine rings is 2. The maximum atomic E-state index is 13.4. The number of likely N-dealkylation sites (N-methyl/N-ethyl adjacent to an activating group) is 1. The Morgan fingerprint density at radius 2 is 1.94 bits per heavy atom. The predicted molar refractivity (Wildman–Crippen MR) is 118 cm³/mol.